The van der Waals surface area contributed by atoms with Crippen molar-refractivity contribution >= 4 is 0 Å². The van der Waals surface area contributed by atoms with Gasteiger partial charge < -0.3 is 10.8 Å². The monoisotopic (exact) mass is 159 g/mol. The molecular formula is C9H21NO. The van der Waals surface area contributed by atoms with E-state index in [2.05, 4.69) is 0 Å². The summed E-state index contributed by atoms with van der Waals surface area (Å²) < 4.78 is 0. The van der Waals surface area contributed by atoms with Crippen LogP contribution in [-0.4, -0.2) is 17.3 Å². The normalized spacial score (nSPS) is 21.0. The summed E-state index contributed by atoms with van der Waals surface area (Å²) in [5.74, 6) is 0.141. The van der Waals surface area contributed by atoms with Gasteiger partial charge in [0.1, 0.15) is 0 Å². The Hall–Kier alpha value is -0.0800. The summed E-state index contributed by atoms with van der Waals surface area (Å²) in [6.07, 6.45) is 0. The quantitative estimate of drug-likeness (QED) is 0.639. The molecular weight excluding hydrogens is 138 g/mol. The molecule has 0 spiro atoms. The van der Waals surface area contributed by atoms with Crippen molar-refractivity contribution in [2.45, 2.75) is 40.2 Å². The van der Waals surface area contributed by atoms with Crippen LogP contribution in [0.5, 0.6) is 0 Å². The molecule has 2 atom stereocenters. The van der Waals surface area contributed by atoms with Crippen molar-refractivity contribution < 1.29 is 5.11 Å². The van der Waals surface area contributed by atoms with Gasteiger partial charge in [-0.05, 0) is 24.8 Å². The molecule has 0 bridgehead atoms. The van der Waals surface area contributed by atoms with Crippen molar-refractivity contribution in [2.24, 2.45) is 17.1 Å². The zero-order chi connectivity index (χ0) is 9.28. The minimum Gasteiger partial charge on any atom is -0.389 e. The summed E-state index contributed by atoms with van der Waals surface area (Å²) in [4.78, 5) is 0. The van der Waals surface area contributed by atoms with Crippen molar-refractivity contribution in [2.75, 3.05) is 6.54 Å². The molecule has 3 N–H and O–H groups in total. The number of hydrogen-bond donors (Lipinski definition) is 2. The number of hydrogen-bond acceptors (Lipinski definition) is 2. The summed E-state index contributed by atoms with van der Waals surface area (Å²) in [6.45, 7) is 10.4. The molecule has 0 aromatic carbocycles. The molecule has 2 nitrogen and oxygen atoms in total. The van der Waals surface area contributed by atoms with Gasteiger partial charge in [0.25, 0.3) is 0 Å². The van der Waals surface area contributed by atoms with Gasteiger partial charge in [0.15, 0.2) is 0 Å². The molecule has 0 aliphatic carbocycles. The van der Waals surface area contributed by atoms with Gasteiger partial charge >= 0.3 is 0 Å². The number of rotatable bonds is 2. The third-order valence-electron chi connectivity index (χ3n) is 2.83. The van der Waals surface area contributed by atoms with E-state index in [4.69, 9.17) is 5.73 Å². The topological polar surface area (TPSA) is 46.2 Å². The Labute approximate surface area is 69.8 Å². The highest BCUT2D eigenvalue weighted by atomic mass is 16.3. The van der Waals surface area contributed by atoms with E-state index in [0.29, 0.717) is 6.54 Å². The fraction of sp³-hybridized carbons (Fsp3) is 1.00. The van der Waals surface area contributed by atoms with E-state index in [9.17, 15) is 5.11 Å². The Morgan fingerprint density at radius 2 is 1.64 bits per heavy atom. The lowest BCUT2D eigenvalue weighted by Crippen LogP contribution is -2.48. The minimum atomic E-state index is -0.679. The zero-order valence-corrected chi connectivity index (χ0v) is 8.31. The van der Waals surface area contributed by atoms with Crippen molar-refractivity contribution in [1.82, 2.24) is 0 Å². The molecule has 0 amide bonds. The highest BCUT2D eigenvalue weighted by molar-refractivity contribution is 4.90. The van der Waals surface area contributed by atoms with Crippen molar-refractivity contribution in [3.8, 4) is 0 Å². The highest BCUT2D eigenvalue weighted by Crippen LogP contribution is 2.35. The van der Waals surface area contributed by atoms with Crippen LogP contribution < -0.4 is 5.73 Å². The van der Waals surface area contributed by atoms with Crippen LogP contribution in [0.2, 0.25) is 0 Å². The molecule has 0 fully saturated rings. The SMILES string of the molecule is CC(CN)C(C)(O)C(C)(C)C. The van der Waals surface area contributed by atoms with E-state index in [1.807, 2.05) is 34.6 Å². The van der Waals surface area contributed by atoms with E-state index in [1.165, 1.54) is 0 Å². The van der Waals surface area contributed by atoms with Gasteiger partial charge in [-0.25, -0.2) is 0 Å². The van der Waals surface area contributed by atoms with Crippen LogP contribution in [0.4, 0.5) is 0 Å². The molecule has 0 aliphatic rings. The van der Waals surface area contributed by atoms with E-state index in [1.54, 1.807) is 0 Å². The molecule has 0 saturated carbocycles. The minimum absolute atomic E-state index is 0.105. The molecule has 0 aliphatic heterocycles. The predicted molar refractivity (Wildman–Crippen MR) is 48.3 cm³/mol. The van der Waals surface area contributed by atoms with Crippen LogP contribution in [-0.2, 0) is 0 Å². The van der Waals surface area contributed by atoms with Crippen molar-refractivity contribution in [1.29, 1.82) is 0 Å². The van der Waals surface area contributed by atoms with Crippen molar-refractivity contribution in [3.63, 3.8) is 0 Å². The summed E-state index contributed by atoms with van der Waals surface area (Å²) in [6, 6.07) is 0. The summed E-state index contributed by atoms with van der Waals surface area (Å²) in [5.41, 5.74) is 4.71. The first-order valence-corrected chi connectivity index (χ1v) is 4.16. The molecule has 0 radical (unpaired) electrons. The van der Waals surface area contributed by atoms with Gasteiger partial charge in [0.2, 0.25) is 0 Å². The van der Waals surface area contributed by atoms with Crippen LogP contribution in [0, 0.1) is 11.3 Å². The van der Waals surface area contributed by atoms with Gasteiger partial charge in [0.05, 0.1) is 5.60 Å². The molecule has 0 heterocycles. The van der Waals surface area contributed by atoms with E-state index in [-0.39, 0.29) is 11.3 Å². The lowest BCUT2D eigenvalue weighted by Gasteiger charge is -2.41. The Balaban J connectivity index is 4.45. The lowest BCUT2D eigenvalue weighted by atomic mass is 9.71. The number of nitrogens with two attached hydrogens (primary N) is 1. The van der Waals surface area contributed by atoms with E-state index < -0.39 is 5.60 Å². The Kier molecular flexibility index (Phi) is 3.09. The number of aliphatic hydroxyl groups is 1. The Morgan fingerprint density at radius 3 is 1.73 bits per heavy atom. The standard InChI is InChI=1S/C9H21NO/c1-7(6-10)9(5,11)8(2,3)4/h7,11H,6,10H2,1-5H3. The molecule has 68 valence electrons. The summed E-state index contributed by atoms with van der Waals surface area (Å²) >= 11 is 0. The van der Waals surface area contributed by atoms with Crippen molar-refractivity contribution in [3.05, 3.63) is 0 Å². The first kappa shape index (κ1) is 10.9. The summed E-state index contributed by atoms with van der Waals surface area (Å²) in [7, 11) is 0. The van der Waals surface area contributed by atoms with Crippen LogP contribution in [0.3, 0.4) is 0 Å². The van der Waals surface area contributed by atoms with Gasteiger partial charge in [-0.1, -0.05) is 27.7 Å². The first-order chi connectivity index (χ1) is 4.73. The average molecular weight is 159 g/mol. The third-order valence-corrected chi connectivity index (χ3v) is 2.83. The van der Waals surface area contributed by atoms with Gasteiger partial charge in [-0.15, -0.1) is 0 Å². The fourth-order valence-electron chi connectivity index (χ4n) is 0.969. The second kappa shape index (κ2) is 3.11. The van der Waals surface area contributed by atoms with Gasteiger partial charge in [-0.3, -0.25) is 0 Å². The maximum Gasteiger partial charge on any atom is 0.0705 e. The van der Waals surface area contributed by atoms with Crippen LogP contribution in [0.25, 0.3) is 0 Å². The third kappa shape index (κ3) is 2.17. The van der Waals surface area contributed by atoms with Crippen LogP contribution in [0.15, 0.2) is 0 Å². The smallest absolute Gasteiger partial charge is 0.0705 e. The molecule has 0 aromatic rings. The molecule has 2 heteroatoms. The van der Waals surface area contributed by atoms with E-state index >= 15 is 0 Å². The van der Waals surface area contributed by atoms with Crippen LogP contribution >= 0.6 is 0 Å². The molecule has 0 aromatic heterocycles. The molecule has 0 rings (SSSR count). The van der Waals surface area contributed by atoms with Crippen LogP contribution in [0.1, 0.15) is 34.6 Å². The predicted octanol–water partition coefficient (Wildman–Crippen LogP) is 1.38. The molecule has 0 saturated heterocycles. The summed E-state index contributed by atoms with van der Waals surface area (Å²) in [5, 5.41) is 10.0. The second-order valence-electron chi connectivity index (χ2n) is 4.53. The average Bonchev–Trinajstić information content (AvgIpc) is 1.83. The first-order valence-electron chi connectivity index (χ1n) is 4.16. The zero-order valence-electron chi connectivity index (χ0n) is 8.31. The lowest BCUT2D eigenvalue weighted by molar-refractivity contribution is -0.0808. The molecule has 11 heavy (non-hydrogen) atoms. The maximum absolute atomic E-state index is 10.0. The largest absolute Gasteiger partial charge is 0.389 e. The second-order valence-corrected chi connectivity index (χ2v) is 4.53. The van der Waals surface area contributed by atoms with Gasteiger partial charge in [0, 0.05) is 0 Å². The fourth-order valence-corrected chi connectivity index (χ4v) is 0.969. The Morgan fingerprint density at radius 1 is 1.27 bits per heavy atom. The van der Waals surface area contributed by atoms with E-state index in [0.717, 1.165) is 0 Å². The highest BCUT2D eigenvalue weighted by Gasteiger charge is 2.39. The maximum atomic E-state index is 10.0. The molecule has 2 unspecified atom stereocenters. The Bertz CT molecular complexity index is 124. The van der Waals surface area contributed by atoms with Gasteiger partial charge in [-0.2, -0.15) is 0 Å².